The lowest BCUT2D eigenvalue weighted by atomic mass is 10.3. The van der Waals surface area contributed by atoms with Gasteiger partial charge in [0.2, 0.25) is 5.96 Å². The summed E-state index contributed by atoms with van der Waals surface area (Å²) >= 11 is 0. The number of rotatable bonds is 8. The minimum absolute atomic E-state index is 0.705. The zero-order valence-electron chi connectivity index (χ0n) is 12.6. The van der Waals surface area contributed by atoms with Crippen LogP contribution >= 0.6 is 0 Å². The second-order valence-electron chi connectivity index (χ2n) is 4.60. The second kappa shape index (κ2) is 10.2. The summed E-state index contributed by atoms with van der Waals surface area (Å²) in [5, 5.41) is 3.43. The Kier molecular flexibility index (Phi) is 8.42. The molecule has 5 nitrogen and oxygen atoms in total. The molecule has 0 atom stereocenters. The van der Waals surface area contributed by atoms with Crippen LogP contribution in [0.5, 0.6) is 0 Å². The van der Waals surface area contributed by atoms with Gasteiger partial charge in [0.25, 0.3) is 0 Å². The molecule has 0 bridgehead atoms. The van der Waals surface area contributed by atoms with Gasteiger partial charge < -0.3 is 10.2 Å². The Morgan fingerprint density at radius 1 is 1.20 bits per heavy atom. The molecule has 112 valence electrons. The minimum Gasteiger partial charge on any atom is -0.341 e. The number of hydrogen-bond donors (Lipinski definition) is 3. The third kappa shape index (κ3) is 6.04. The van der Waals surface area contributed by atoms with E-state index >= 15 is 0 Å². The highest BCUT2D eigenvalue weighted by atomic mass is 15.4. The normalized spacial score (nSPS) is 11.4. The minimum atomic E-state index is 0.705. The molecule has 0 amide bonds. The fourth-order valence-electron chi connectivity index (χ4n) is 1.87. The van der Waals surface area contributed by atoms with Crippen molar-refractivity contribution in [3.8, 4) is 0 Å². The van der Waals surface area contributed by atoms with E-state index < -0.39 is 0 Å². The Labute approximate surface area is 122 Å². The molecule has 1 aromatic carbocycles. The number of aliphatic imine (C=N–C) groups is 1. The summed E-state index contributed by atoms with van der Waals surface area (Å²) in [6.07, 6.45) is 2.43. The summed E-state index contributed by atoms with van der Waals surface area (Å²) in [6.45, 7) is 8.05. The molecule has 0 saturated carbocycles. The zero-order chi connectivity index (χ0) is 14.6. The van der Waals surface area contributed by atoms with Crippen molar-refractivity contribution in [1.29, 1.82) is 0 Å². The van der Waals surface area contributed by atoms with E-state index in [4.69, 9.17) is 5.84 Å². The molecule has 4 N–H and O–H groups in total. The van der Waals surface area contributed by atoms with Crippen molar-refractivity contribution >= 4 is 11.6 Å². The maximum absolute atomic E-state index is 5.61. The highest BCUT2D eigenvalue weighted by molar-refractivity contribution is 5.82. The van der Waals surface area contributed by atoms with Crippen molar-refractivity contribution in [3.63, 3.8) is 0 Å². The molecule has 0 radical (unpaired) electrons. The molecule has 1 rings (SSSR count). The molecule has 0 aliphatic carbocycles. The maximum atomic E-state index is 5.61. The van der Waals surface area contributed by atoms with Crippen LogP contribution in [-0.2, 0) is 0 Å². The van der Waals surface area contributed by atoms with E-state index in [9.17, 15) is 0 Å². The Bertz CT molecular complexity index is 377. The Balaban J connectivity index is 2.54. The van der Waals surface area contributed by atoms with Crippen LogP contribution in [0.25, 0.3) is 0 Å². The summed E-state index contributed by atoms with van der Waals surface area (Å²) in [4.78, 5) is 6.67. The predicted octanol–water partition coefficient (Wildman–Crippen LogP) is 1.85. The van der Waals surface area contributed by atoms with Crippen LogP contribution < -0.4 is 16.6 Å². The van der Waals surface area contributed by atoms with E-state index in [0.29, 0.717) is 5.96 Å². The van der Waals surface area contributed by atoms with Gasteiger partial charge in [0.1, 0.15) is 0 Å². The van der Waals surface area contributed by atoms with Gasteiger partial charge >= 0.3 is 0 Å². The van der Waals surface area contributed by atoms with Crippen LogP contribution in [0.4, 0.5) is 5.69 Å². The summed E-state index contributed by atoms with van der Waals surface area (Å²) in [5.74, 6) is 6.31. The largest absolute Gasteiger partial charge is 0.341 e. The molecule has 5 heteroatoms. The molecular weight excluding hydrogens is 250 g/mol. The fourth-order valence-corrected chi connectivity index (χ4v) is 1.87. The van der Waals surface area contributed by atoms with Gasteiger partial charge in [0, 0.05) is 19.6 Å². The lowest BCUT2D eigenvalue weighted by Crippen LogP contribution is -2.47. The standard InChI is InChI=1S/C15H27N5/c1-3-5-11-17-12-13-20(4-2)15(19-16)18-14-9-7-6-8-10-14/h6-10,17H,3-5,11-13,16H2,1-2H3,(H,18,19). The van der Waals surface area contributed by atoms with E-state index in [0.717, 1.165) is 31.9 Å². The molecular formula is C15H27N5. The quantitative estimate of drug-likeness (QED) is 0.223. The van der Waals surface area contributed by atoms with E-state index in [2.05, 4.69) is 34.5 Å². The first kappa shape index (κ1) is 16.5. The van der Waals surface area contributed by atoms with Gasteiger partial charge in [-0.1, -0.05) is 31.5 Å². The van der Waals surface area contributed by atoms with Crippen LogP contribution in [0.1, 0.15) is 26.7 Å². The number of para-hydroxylation sites is 1. The van der Waals surface area contributed by atoms with Gasteiger partial charge in [-0.15, -0.1) is 0 Å². The van der Waals surface area contributed by atoms with E-state index in [-0.39, 0.29) is 0 Å². The third-order valence-electron chi connectivity index (χ3n) is 3.07. The lowest BCUT2D eigenvalue weighted by molar-refractivity contribution is 0.414. The van der Waals surface area contributed by atoms with E-state index in [1.54, 1.807) is 0 Å². The van der Waals surface area contributed by atoms with Crippen molar-refractivity contribution in [1.82, 2.24) is 15.6 Å². The van der Waals surface area contributed by atoms with Gasteiger partial charge in [-0.25, -0.2) is 10.8 Å². The number of nitrogens with one attached hydrogen (secondary N) is 2. The highest BCUT2D eigenvalue weighted by Gasteiger charge is 2.07. The van der Waals surface area contributed by atoms with E-state index in [1.807, 2.05) is 30.3 Å². The molecule has 0 saturated heterocycles. The molecule has 0 heterocycles. The summed E-state index contributed by atoms with van der Waals surface area (Å²) in [7, 11) is 0. The summed E-state index contributed by atoms with van der Waals surface area (Å²) in [5.41, 5.74) is 3.60. The third-order valence-corrected chi connectivity index (χ3v) is 3.07. The van der Waals surface area contributed by atoms with Crippen LogP contribution in [0.3, 0.4) is 0 Å². The van der Waals surface area contributed by atoms with Gasteiger partial charge in [-0.3, -0.25) is 5.43 Å². The van der Waals surface area contributed by atoms with Crippen LogP contribution in [0.15, 0.2) is 35.3 Å². The van der Waals surface area contributed by atoms with Gasteiger partial charge in [0.15, 0.2) is 0 Å². The van der Waals surface area contributed by atoms with Crippen molar-refractivity contribution < 1.29 is 0 Å². The summed E-state index contributed by atoms with van der Waals surface area (Å²) < 4.78 is 0. The smallest absolute Gasteiger partial charge is 0.213 e. The van der Waals surface area contributed by atoms with E-state index in [1.165, 1.54) is 12.8 Å². The topological polar surface area (TPSA) is 65.7 Å². The molecule has 20 heavy (non-hydrogen) atoms. The van der Waals surface area contributed by atoms with Gasteiger partial charge in [0.05, 0.1) is 5.69 Å². The number of guanidine groups is 1. The SMILES string of the molecule is CCCCNCCN(CC)C(=Nc1ccccc1)NN. The Morgan fingerprint density at radius 3 is 2.55 bits per heavy atom. The lowest BCUT2D eigenvalue weighted by Gasteiger charge is -2.24. The van der Waals surface area contributed by atoms with Crippen molar-refractivity contribution in [2.75, 3.05) is 26.2 Å². The molecule has 1 aromatic rings. The fraction of sp³-hybridized carbons (Fsp3) is 0.533. The maximum Gasteiger partial charge on any atom is 0.213 e. The Hall–Kier alpha value is -1.59. The second-order valence-corrected chi connectivity index (χ2v) is 4.60. The first-order valence-corrected chi connectivity index (χ1v) is 7.37. The predicted molar refractivity (Wildman–Crippen MR) is 85.9 cm³/mol. The highest BCUT2D eigenvalue weighted by Crippen LogP contribution is 2.10. The molecule has 0 fully saturated rings. The van der Waals surface area contributed by atoms with Gasteiger partial charge in [-0.05, 0) is 32.0 Å². The number of nitrogens with zero attached hydrogens (tertiary/aromatic N) is 2. The average Bonchev–Trinajstić information content (AvgIpc) is 2.50. The monoisotopic (exact) mass is 277 g/mol. The zero-order valence-corrected chi connectivity index (χ0v) is 12.6. The number of hydrazine groups is 1. The summed E-state index contributed by atoms with van der Waals surface area (Å²) in [6, 6.07) is 9.84. The average molecular weight is 277 g/mol. The Morgan fingerprint density at radius 2 is 1.95 bits per heavy atom. The molecule has 0 spiro atoms. The van der Waals surface area contributed by atoms with Crippen molar-refractivity contribution in [2.24, 2.45) is 10.8 Å². The number of nitrogens with two attached hydrogens (primary N) is 1. The molecule has 0 unspecified atom stereocenters. The van der Waals surface area contributed by atoms with Gasteiger partial charge in [-0.2, -0.15) is 0 Å². The first-order chi connectivity index (χ1) is 9.81. The molecule has 0 aliphatic rings. The van der Waals surface area contributed by atoms with Crippen LogP contribution in [0, 0.1) is 0 Å². The number of hydrogen-bond acceptors (Lipinski definition) is 3. The number of likely N-dealkylation sites (N-methyl/N-ethyl adjacent to an activating group) is 1. The van der Waals surface area contributed by atoms with Crippen LogP contribution in [0.2, 0.25) is 0 Å². The molecule has 0 aromatic heterocycles. The number of unbranched alkanes of at least 4 members (excludes halogenated alkanes) is 1. The number of benzene rings is 1. The first-order valence-electron chi connectivity index (χ1n) is 7.37. The molecule has 0 aliphatic heterocycles. The van der Waals surface area contributed by atoms with Crippen molar-refractivity contribution in [3.05, 3.63) is 30.3 Å². The van der Waals surface area contributed by atoms with Crippen molar-refractivity contribution in [2.45, 2.75) is 26.7 Å². The van der Waals surface area contributed by atoms with Crippen LogP contribution in [-0.4, -0.2) is 37.0 Å².